The number of allylic oxidation sites excluding steroid dienone is 1. The maximum atomic E-state index is 15.3. The van der Waals surface area contributed by atoms with Gasteiger partial charge in [0, 0.05) is 56.7 Å². The second kappa shape index (κ2) is 21.8. The fraction of sp³-hybridized carbons (Fsp3) is 0.529. The van der Waals surface area contributed by atoms with Gasteiger partial charge in [0.1, 0.15) is 17.2 Å². The Morgan fingerprint density at radius 2 is 1.72 bits per heavy atom. The Kier molecular flexibility index (Phi) is 16.2. The minimum absolute atomic E-state index is 0.0135. The molecule has 352 valence electrons. The van der Waals surface area contributed by atoms with Gasteiger partial charge in [0.05, 0.1) is 35.8 Å². The van der Waals surface area contributed by atoms with Crippen molar-refractivity contribution in [3.05, 3.63) is 102 Å². The van der Waals surface area contributed by atoms with Crippen molar-refractivity contribution in [3.63, 3.8) is 0 Å². The SMILES string of the molecule is C=CCOC12Oc3ccc(Oc4ccc(C)c(C)c4)cc3C3C(CCCCO)C(CCCCO)C=C(C(=NOC4CCCCO4)CC1N(CCC)S(=O)(=O)c1ccc(NC(C)=O)cc1)C32. The zero-order valence-corrected chi connectivity index (χ0v) is 39.2. The molecular weight excluding hydrogens is 847 g/mol. The molecule has 2 aliphatic carbocycles. The Bertz CT molecular complexity index is 2290. The van der Waals surface area contributed by atoms with Crippen molar-refractivity contribution in [1.29, 1.82) is 0 Å². The van der Waals surface area contributed by atoms with E-state index in [1.165, 1.54) is 23.4 Å². The number of carbonyl (C=O) groups is 1. The number of oxime groups is 1. The van der Waals surface area contributed by atoms with Crippen LogP contribution in [0.5, 0.6) is 17.2 Å². The molecule has 7 rings (SSSR count). The number of unbranched alkanes of at least 4 members (excludes halogenated alkanes) is 2. The maximum absolute atomic E-state index is 15.3. The molecule has 14 heteroatoms. The average Bonchev–Trinajstić information content (AvgIpc) is 3.29. The molecule has 2 heterocycles. The van der Waals surface area contributed by atoms with Gasteiger partial charge in [0.2, 0.25) is 28.0 Å². The lowest BCUT2D eigenvalue weighted by molar-refractivity contribution is -0.251. The summed E-state index contributed by atoms with van der Waals surface area (Å²) in [5.41, 5.74) is 5.14. The third kappa shape index (κ3) is 10.7. The van der Waals surface area contributed by atoms with Gasteiger partial charge in [-0.3, -0.25) is 4.79 Å². The number of ether oxygens (including phenoxy) is 4. The number of nitrogens with zero attached hydrogens (tertiary/aromatic N) is 2. The lowest BCUT2D eigenvalue weighted by Crippen LogP contribution is -2.70. The molecule has 7 unspecified atom stereocenters. The van der Waals surface area contributed by atoms with E-state index in [-0.39, 0.29) is 61.3 Å². The highest BCUT2D eigenvalue weighted by Crippen LogP contribution is 2.62. The highest BCUT2D eigenvalue weighted by atomic mass is 32.2. The first-order valence-electron chi connectivity index (χ1n) is 23.4. The molecule has 3 aromatic rings. The molecule has 7 atom stereocenters. The molecule has 2 fully saturated rings. The number of aliphatic hydroxyl groups is 2. The van der Waals surface area contributed by atoms with Gasteiger partial charge in [-0.1, -0.05) is 43.1 Å². The fourth-order valence-corrected chi connectivity index (χ4v) is 12.0. The number of sulfonamides is 1. The minimum Gasteiger partial charge on any atom is -0.460 e. The van der Waals surface area contributed by atoms with Crippen molar-refractivity contribution in [3.8, 4) is 17.2 Å². The molecule has 4 aliphatic rings. The van der Waals surface area contributed by atoms with Crippen LogP contribution in [0.2, 0.25) is 0 Å². The van der Waals surface area contributed by atoms with Crippen LogP contribution in [0.25, 0.3) is 0 Å². The van der Waals surface area contributed by atoms with Crippen molar-refractivity contribution in [2.24, 2.45) is 22.9 Å². The first-order valence-corrected chi connectivity index (χ1v) is 24.9. The van der Waals surface area contributed by atoms with E-state index in [0.29, 0.717) is 60.9 Å². The van der Waals surface area contributed by atoms with E-state index < -0.39 is 34.1 Å². The molecule has 0 radical (unpaired) electrons. The van der Waals surface area contributed by atoms with Crippen LogP contribution in [0.1, 0.15) is 107 Å². The van der Waals surface area contributed by atoms with E-state index in [0.717, 1.165) is 60.8 Å². The molecule has 2 aliphatic heterocycles. The number of amides is 1. The molecule has 1 amide bonds. The van der Waals surface area contributed by atoms with E-state index in [4.69, 9.17) is 28.9 Å². The molecule has 65 heavy (non-hydrogen) atoms. The van der Waals surface area contributed by atoms with Gasteiger partial charge in [-0.25, -0.2) is 8.42 Å². The Balaban J connectivity index is 1.46. The molecule has 0 bridgehead atoms. The lowest BCUT2D eigenvalue weighted by atomic mass is 9.55. The van der Waals surface area contributed by atoms with E-state index in [1.54, 1.807) is 18.2 Å². The molecule has 0 aromatic heterocycles. The Hall–Kier alpha value is -4.57. The molecule has 1 saturated heterocycles. The van der Waals surface area contributed by atoms with Gasteiger partial charge >= 0.3 is 0 Å². The molecule has 3 aromatic carbocycles. The van der Waals surface area contributed by atoms with Crippen molar-refractivity contribution < 1.29 is 47.2 Å². The van der Waals surface area contributed by atoms with Crippen LogP contribution in [-0.4, -0.2) is 85.6 Å². The second-order valence-corrected chi connectivity index (χ2v) is 19.7. The summed E-state index contributed by atoms with van der Waals surface area (Å²) in [5, 5.41) is 27.6. The zero-order chi connectivity index (χ0) is 46.1. The summed E-state index contributed by atoms with van der Waals surface area (Å²) in [5.74, 6) is -0.826. The monoisotopic (exact) mass is 913 g/mol. The maximum Gasteiger partial charge on any atom is 0.243 e. The van der Waals surface area contributed by atoms with Crippen molar-refractivity contribution >= 4 is 27.3 Å². The van der Waals surface area contributed by atoms with Crippen LogP contribution in [0, 0.1) is 31.6 Å². The van der Waals surface area contributed by atoms with E-state index in [9.17, 15) is 15.0 Å². The summed E-state index contributed by atoms with van der Waals surface area (Å²) in [6.07, 6.45) is 10.9. The highest BCUT2D eigenvalue weighted by Gasteiger charge is 2.66. The molecular formula is C51H67N3O10S. The highest BCUT2D eigenvalue weighted by molar-refractivity contribution is 7.89. The number of hydrogen-bond donors (Lipinski definition) is 3. The van der Waals surface area contributed by atoms with Gasteiger partial charge in [0.15, 0.2) is 0 Å². The largest absolute Gasteiger partial charge is 0.460 e. The number of nitrogens with one attached hydrogen (secondary N) is 1. The van der Waals surface area contributed by atoms with Crippen molar-refractivity contribution in [1.82, 2.24) is 4.31 Å². The standard InChI is InChI=1S/C51H67N3O10S/c1-6-25-54(65(58,59)41-22-18-38(19-23-41)52-36(5)57)47-33-45(53-64-48-16-10-13-29-60-48)43-31-37(14-8-11-26-55)42(15-9-12-27-56)49-44-32-40(62-39-20-17-34(3)35(4)30-39)21-24-46(44)63-51(47,50(43)49)61-28-7-2/h7,17-24,30-32,37,42,47-50,55-56H,2,6,8-16,25-29,33H2,1,3-5H3,(H,52,57). The summed E-state index contributed by atoms with van der Waals surface area (Å²) in [7, 11) is -4.26. The lowest BCUT2D eigenvalue weighted by Gasteiger charge is -2.59. The number of aryl methyl sites for hydroxylation is 2. The number of carbonyl (C=O) groups excluding carboxylic acids is 1. The predicted molar refractivity (Wildman–Crippen MR) is 251 cm³/mol. The quantitative estimate of drug-likeness (QED) is 0.0533. The summed E-state index contributed by atoms with van der Waals surface area (Å²) in [6.45, 7) is 12.4. The first-order chi connectivity index (χ1) is 31.4. The molecule has 13 nitrogen and oxygen atoms in total. The number of hydrogen-bond acceptors (Lipinski definition) is 11. The van der Waals surface area contributed by atoms with Crippen LogP contribution >= 0.6 is 0 Å². The summed E-state index contributed by atoms with van der Waals surface area (Å²) in [4.78, 5) is 18.2. The van der Waals surface area contributed by atoms with Crippen LogP contribution in [0.3, 0.4) is 0 Å². The van der Waals surface area contributed by atoms with E-state index in [1.807, 2.05) is 37.3 Å². The second-order valence-electron chi connectivity index (χ2n) is 17.8. The number of anilines is 1. The average molecular weight is 914 g/mol. The Labute approximate surface area is 384 Å². The molecule has 3 N–H and O–H groups in total. The third-order valence-electron chi connectivity index (χ3n) is 13.4. The molecule has 1 saturated carbocycles. The van der Waals surface area contributed by atoms with E-state index >= 15 is 8.42 Å². The van der Waals surface area contributed by atoms with Gasteiger partial charge in [-0.15, -0.1) is 6.58 Å². The van der Waals surface area contributed by atoms with Crippen molar-refractivity contribution in [2.45, 2.75) is 127 Å². The van der Waals surface area contributed by atoms with Crippen molar-refractivity contribution in [2.75, 3.05) is 38.3 Å². The zero-order valence-electron chi connectivity index (χ0n) is 38.4. The number of aliphatic hydroxyl groups excluding tert-OH is 2. The van der Waals surface area contributed by atoms with Crippen LogP contribution in [-0.2, 0) is 29.1 Å². The fourth-order valence-electron chi connectivity index (χ4n) is 10.2. The normalized spacial score (nSPS) is 25.5. The summed E-state index contributed by atoms with van der Waals surface area (Å²) >= 11 is 0. The topological polar surface area (TPSA) is 165 Å². The first kappa shape index (κ1) is 48.4. The van der Waals surface area contributed by atoms with Crippen LogP contribution in [0.15, 0.2) is 95.0 Å². The van der Waals surface area contributed by atoms with Gasteiger partial charge in [-0.2, -0.15) is 4.31 Å². The smallest absolute Gasteiger partial charge is 0.243 e. The van der Waals surface area contributed by atoms with Gasteiger partial charge < -0.3 is 39.3 Å². The van der Waals surface area contributed by atoms with E-state index in [2.05, 4.69) is 37.9 Å². The third-order valence-corrected chi connectivity index (χ3v) is 15.3. The molecule has 0 spiro atoms. The van der Waals surface area contributed by atoms with Gasteiger partial charge in [-0.05, 0) is 142 Å². The van der Waals surface area contributed by atoms with Crippen LogP contribution in [0.4, 0.5) is 5.69 Å². The summed E-state index contributed by atoms with van der Waals surface area (Å²) < 4.78 is 59.1. The summed E-state index contributed by atoms with van der Waals surface area (Å²) in [6, 6.07) is 17.1. The Morgan fingerprint density at radius 1 is 0.985 bits per heavy atom. The Morgan fingerprint density at radius 3 is 2.40 bits per heavy atom. The minimum atomic E-state index is -4.26. The predicted octanol–water partition coefficient (Wildman–Crippen LogP) is 9.32. The number of fused-ring (bicyclic) bond motifs is 2. The van der Waals surface area contributed by atoms with Gasteiger partial charge in [0.25, 0.3) is 0 Å². The van der Waals surface area contributed by atoms with Crippen LogP contribution < -0.4 is 14.8 Å². The number of benzene rings is 3. The number of rotatable bonds is 21.